The largest absolute Gasteiger partial charge is 0.493 e. The molecular weight excluding hydrogens is 424 g/mol. The molecule has 5 aromatic rings. The van der Waals surface area contributed by atoms with Crippen LogP contribution in [0, 0.1) is 0 Å². The van der Waals surface area contributed by atoms with Crippen LogP contribution >= 0.6 is 0 Å². The molecule has 0 saturated heterocycles. The van der Waals surface area contributed by atoms with E-state index in [4.69, 9.17) is 13.9 Å². The molecule has 0 unspecified atom stereocenters. The van der Waals surface area contributed by atoms with E-state index in [-0.39, 0.29) is 11.2 Å². The highest BCUT2D eigenvalue weighted by Crippen LogP contribution is 2.26. The molecule has 4 nitrogen and oxygen atoms in total. The van der Waals surface area contributed by atoms with Gasteiger partial charge in [-0.1, -0.05) is 72.8 Å². The first-order valence-electron chi connectivity index (χ1n) is 11.3. The Morgan fingerprint density at radius 3 is 2.15 bits per heavy atom. The average Bonchev–Trinajstić information content (AvgIpc) is 2.90. The molecule has 1 heterocycles. The lowest BCUT2D eigenvalue weighted by atomic mass is 10.1. The number of aryl methyl sites for hydroxylation is 1. The zero-order chi connectivity index (χ0) is 23.2. The van der Waals surface area contributed by atoms with Crippen LogP contribution in [0.2, 0.25) is 0 Å². The lowest BCUT2D eigenvalue weighted by molar-refractivity contribution is 0.311. The van der Waals surface area contributed by atoms with E-state index in [0.29, 0.717) is 29.1 Å². The molecule has 168 valence electrons. The highest BCUT2D eigenvalue weighted by Gasteiger charge is 2.11. The second kappa shape index (κ2) is 10.1. The molecule has 0 bridgehead atoms. The number of benzene rings is 4. The predicted octanol–water partition coefficient (Wildman–Crippen LogP) is 7.26. The van der Waals surface area contributed by atoms with Crippen LogP contribution in [0.1, 0.15) is 12.0 Å². The van der Waals surface area contributed by atoms with Gasteiger partial charge in [-0.25, -0.2) is 0 Å². The number of rotatable bonds is 8. The van der Waals surface area contributed by atoms with Crippen LogP contribution in [0.15, 0.2) is 119 Å². The van der Waals surface area contributed by atoms with Crippen molar-refractivity contribution in [2.45, 2.75) is 12.8 Å². The minimum atomic E-state index is -0.219. The summed E-state index contributed by atoms with van der Waals surface area (Å²) in [5.74, 6) is 1.40. The van der Waals surface area contributed by atoms with Gasteiger partial charge in [-0.2, -0.15) is 0 Å². The molecule has 0 N–H and O–H groups in total. The van der Waals surface area contributed by atoms with Gasteiger partial charge in [-0.3, -0.25) is 4.79 Å². The minimum Gasteiger partial charge on any atom is -0.493 e. The van der Waals surface area contributed by atoms with Gasteiger partial charge in [0.2, 0.25) is 11.2 Å². The smallest absolute Gasteiger partial charge is 0.235 e. The minimum absolute atomic E-state index is 0.150. The van der Waals surface area contributed by atoms with E-state index in [9.17, 15) is 4.79 Å². The summed E-state index contributed by atoms with van der Waals surface area (Å²) in [4.78, 5) is 12.9. The van der Waals surface area contributed by atoms with E-state index in [0.717, 1.165) is 24.0 Å². The third-order valence-corrected chi connectivity index (χ3v) is 5.63. The Balaban J connectivity index is 1.25. The highest BCUT2D eigenvalue weighted by atomic mass is 16.5. The van der Waals surface area contributed by atoms with Crippen molar-refractivity contribution in [3.63, 3.8) is 0 Å². The molecule has 0 aliphatic rings. The van der Waals surface area contributed by atoms with Gasteiger partial charge in [0.25, 0.3) is 0 Å². The molecule has 5 rings (SSSR count). The molecule has 0 spiro atoms. The summed E-state index contributed by atoms with van der Waals surface area (Å²) in [6.45, 7) is 0.588. The average molecular weight is 449 g/mol. The molecule has 0 aliphatic carbocycles. The topological polar surface area (TPSA) is 48.7 Å². The van der Waals surface area contributed by atoms with E-state index >= 15 is 0 Å². The Labute approximate surface area is 198 Å². The van der Waals surface area contributed by atoms with Gasteiger partial charge in [0.1, 0.15) is 23.3 Å². The van der Waals surface area contributed by atoms with Gasteiger partial charge in [0.05, 0.1) is 12.0 Å². The standard InChI is InChI=1S/C30H24O4/c31-30-27-18-17-26(32-19-7-10-22-8-3-1-4-9-22)20-28(27)33-21-29(30)34-25-15-13-24(14-16-25)23-11-5-2-6-12-23/h1-6,8-9,11-18,20-21H,7,10,19H2. The lowest BCUT2D eigenvalue weighted by Gasteiger charge is -2.09. The van der Waals surface area contributed by atoms with Crippen LogP contribution in [0.25, 0.3) is 22.1 Å². The van der Waals surface area contributed by atoms with Crippen molar-refractivity contribution < 1.29 is 13.9 Å². The molecule has 0 atom stereocenters. The van der Waals surface area contributed by atoms with Crippen molar-refractivity contribution in [1.82, 2.24) is 0 Å². The predicted molar refractivity (Wildman–Crippen MR) is 135 cm³/mol. The fraction of sp³-hybridized carbons (Fsp3) is 0.100. The highest BCUT2D eigenvalue weighted by molar-refractivity contribution is 5.79. The van der Waals surface area contributed by atoms with Crippen molar-refractivity contribution in [3.05, 3.63) is 125 Å². The summed E-state index contributed by atoms with van der Waals surface area (Å²) < 4.78 is 17.4. The molecule has 0 amide bonds. The third-order valence-electron chi connectivity index (χ3n) is 5.63. The van der Waals surface area contributed by atoms with Gasteiger partial charge < -0.3 is 13.9 Å². The maximum atomic E-state index is 12.9. The van der Waals surface area contributed by atoms with Gasteiger partial charge in [-0.05, 0) is 53.8 Å². The van der Waals surface area contributed by atoms with Crippen molar-refractivity contribution in [3.8, 4) is 28.4 Å². The Morgan fingerprint density at radius 2 is 1.38 bits per heavy atom. The summed E-state index contributed by atoms with van der Waals surface area (Å²) in [6.07, 6.45) is 3.22. The summed E-state index contributed by atoms with van der Waals surface area (Å²) >= 11 is 0. The van der Waals surface area contributed by atoms with Crippen LogP contribution in [-0.2, 0) is 6.42 Å². The van der Waals surface area contributed by atoms with E-state index < -0.39 is 0 Å². The quantitative estimate of drug-likeness (QED) is 0.234. The monoisotopic (exact) mass is 448 g/mol. The maximum Gasteiger partial charge on any atom is 0.235 e. The SMILES string of the molecule is O=c1c(Oc2ccc(-c3ccccc3)cc2)coc2cc(OCCCc3ccccc3)ccc12. The van der Waals surface area contributed by atoms with Crippen molar-refractivity contribution in [2.24, 2.45) is 0 Å². The number of fused-ring (bicyclic) bond motifs is 1. The van der Waals surface area contributed by atoms with E-state index in [1.165, 1.54) is 11.8 Å². The Bertz CT molecular complexity index is 1420. The number of ether oxygens (including phenoxy) is 2. The summed E-state index contributed by atoms with van der Waals surface area (Å²) in [5.41, 5.74) is 3.74. The third kappa shape index (κ3) is 5.02. The Kier molecular flexibility index (Phi) is 6.39. The first kappa shape index (κ1) is 21.5. The maximum absolute atomic E-state index is 12.9. The van der Waals surface area contributed by atoms with Crippen LogP contribution in [0.3, 0.4) is 0 Å². The van der Waals surface area contributed by atoms with Crippen LogP contribution in [-0.4, -0.2) is 6.61 Å². The summed E-state index contributed by atoms with van der Waals surface area (Å²) in [6, 6.07) is 33.3. The zero-order valence-corrected chi connectivity index (χ0v) is 18.6. The second-order valence-corrected chi connectivity index (χ2v) is 8.02. The van der Waals surface area contributed by atoms with E-state index in [1.807, 2.05) is 60.7 Å². The Morgan fingerprint density at radius 1 is 0.706 bits per heavy atom. The van der Waals surface area contributed by atoms with Crippen molar-refractivity contribution in [1.29, 1.82) is 0 Å². The fourth-order valence-electron chi connectivity index (χ4n) is 3.84. The van der Waals surface area contributed by atoms with Crippen LogP contribution in [0.4, 0.5) is 0 Å². The molecule has 0 fully saturated rings. The number of hydrogen-bond acceptors (Lipinski definition) is 4. The summed E-state index contributed by atoms with van der Waals surface area (Å²) in [7, 11) is 0. The first-order chi connectivity index (χ1) is 16.8. The zero-order valence-electron chi connectivity index (χ0n) is 18.6. The van der Waals surface area contributed by atoms with Gasteiger partial charge in [0, 0.05) is 6.07 Å². The van der Waals surface area contributed by atoms with Crippen LogP contribution < -0.4 is 14.9 Å². The van der Waals surface area contributed by atoms with Crippen LogP contribution in [0.5, 0.6) is 17.2 Å². The van der Waals surface area contributed by atoms with Gasteiger partial charge >= 0.3 is 0 Å². The van der Waals surface area contributed by atoms with Crippen molar-refractivity contribution in [2.75, 3.05) is 6.61 Å². The molecular formula is C30H24O4. The molecule has 0 radical (unpaired) electrons. The second-order valence-electron chi connectivity index (χ2n) is 8.02. The van der Waals surface area contributed by atoms with Gasteiger partial charge in [0.15, 0.2) is 0 Å². The first-order valence-corrected chi connectivity index (χ1v) is 11.3. The molecule has 1 aromatic heterocycles. The summed E-state index contributed by atoms with van der Waals surface area (Å²) in [5, 5.41) is 0.454. The fourth-order valence-corrected chi connectivity index (χ4v) is 3.84. The molecule has 0 aliphatic heterocycles. The van der Waals surface area contributed by atoms with E-state index in [1.54, 1.807) is 18.2 Å². The van der Waals surface area contributed by atoms with Crippen molar-refractivity contribution >= 4 is 11.0 Å². The lowest BCUT2D eigenvalue weighted by Crippen LogP contribution is -2.05. The Hall–Kier alpha value is -4.31. The van der Waals surface area contributed by atoms with E-state index in [2.05, 4.69) is 24.3 Å². The molecule has 4 aromatic carbocycles. The van der Waals surface area contributed by atoms with Gasteiger partial charge in [-0.15, -0.1) is 0 Å². The molecule has 34 heavy (non-hydrogen) atoms. The normalized spacial score (nSPS) is 10.8. The molecule has 4 heteroatoms. The molecule has 0 saturated carbocycles. The number of hydrogen-bond donors (Lipinski definition) is 0.